The highest BCUT2D eigenvalue weighted by Gasteiger charge is 2.43. The van der Waals surface area contributed by atoms with Crippen LogP contribution in [0.4, 0.5) is 0 Å². The van der Waals surface area contributed by atoms with E-state index in [0.717, 1.165) is 0 Å². The fourth-order valence-electron chi connectivity index (χ4n) is 1.53. The third-order valence-corrected chi connectivity index (χ3v) is 2.72. The average Bonchev–Trinajstić information content (AvgIpc) is 2.09. The second kappa shape index (κ2) is 3.30. The molecule has 0 heterocycles. The van der Waals surface area contributed by atoms with E-state index in [1.54, 1.807) is 0 Å². The predicted molar refractivity (Wildman–Crippen MR) is 54.2 cm³/mol. The average molecular weight is 190 g/mol. The van der Waals surface area contributed by atoms with Gasteiger partial charge >= 0.3 is 0 Å². The molecule has 0 saturated carbocycles. The highest BCUT2D eigenvalue weighted by Crippen LogP contribution is 2.35. The lowest BCUT2D eigenvalue weighted by Gasteiger charge is -2.39. The number of carbonyl (C=O) groups is 1. The number of nitrogens with one attached hydrogen (secondary N) is 1. The number of rotatable bonds is 1. The van der Waals surface area contributed by atoms with Crippen molar-refractivity contribution in [3.63, 3.8) is 0 Å². The molecule has 1 rings (SSSR count). The summed E-state index contributed by atoms with van der Waals surface area (Å²) in [6, 6.07) is 2.22. The Morgan fingerprint density at radius 1 is 1.36 bits per heavy atom. The maximum atomic E-state index is 11.0. The minimum atomic E-state index is -0.687. The molecule has 1 aliphatic rings. The third-order valence-electron chi connectivity index (χ3n) is 2.72. The van der Waals surface area contributed by atoms with Crippen molar-refractivity contribution in [1.82, 2.24) is 5.32 Å². The topological polar surface area (TPSA) is 52.9 Å². The lowest BCUT2D eigenvalue weighted by molar-refractivity contribution is -0.120. The van der Waals surface area contributed by atoms with Crippen LogP contribution in [-0.4, -0.2) is 11.4 Å². The van der Waals surface area contributed by atoms with Gasteiger partial charge in [-0.2, -0.15) is 5.26 Å². The molecule has 0 aromatic carbocycles. The number of nitrogens with zero attached hydrogens (tertiary/aromatic N) is 1. The van der Waals surface area contributed by atoms with Gasteiger partial charge in [-0.05, 0) is 13.8 Å². The summed E-state index contributed by atoms with van der Waals surface area (Å²) in [7, 11) is 0. The summed E-state index contributed by atoms with van der Waals surface area (Å²) >= 11 is 0. The summed E-state index contributed by atoms with van der Waals surface area (Å²) in [5, 5.41) is 11.9. The molecule has 0 saturated heterocycles. The van der Waals surface area contributed by atoms with Crippen molar-refractivity contribution in [2.75, 3.05) is 0 Å². The van der Waals surface area contributed by atoms with Crippen molar-refractivity contribution in [2.24, 2.45) is 5.41 Å². The van der Waals surface area contributed by atoms with Crippen LogP contribution in [0.25, 0.3) is 0 Å². The largest absolute Gasteiger partial charge is 0.346 e. The summed E-state index contributed by atoms with van der Waals surface area (Å²) in [5.74, 6) is -0.131. The van der Waals surface area contributed by atoms with Gasteiger partial charge in [0.05, 0.1) is 17.0 Å². The second-order valence-electron chi connectivity index (χ2n) is 3.92. The smallest absolute Gasteiger partial charge is 0.217 e. The Morgan fingerprint density at radius 3 is 2.43 bits per heavy atom. The molecule has 0 aliphatic heterocycles. The van der Waals surface area contributed by atoms with Gasteiger partial charge < -0.3 is 5.32 Å². The van der Waals surface area contributed by atoms with Gasteiger partial charge in [0.25, 0.3) is 0 Å². The van der Waals surface area contributed by atoms with E-state index in [-0.39, 0.29) is 5.91 Å². The molecule has 3 heteroatoms. The van der Waals surface area contributed by atoms with Crippen LogP contribution in [-0.2, 0) is 4.79 Å². The predicted octanol–water partition coefficient (Wildman–Crippen LogP) is 1.54. The SMILES string of the molecule is CC(=O)NC1(C)C=CC=CC1(C)C#N. The number of hydrogen-bond donors (Lipinski definition) is 1. The molecule has 3 nitrogen and oxygen atoms in total. The number of hydrogen-bond acceptors (Lipinski definition) is 2. The van der Waals surface area contributed by atoms with Gasteiger partial charge in [-0.1, -0.05) is 24.3 Å². The molecule has 74 valence electrons. The van der Waals surface area contributed by atoms with E-state index in [1.807, 2.05) is 38.2 Å². The van der Waals surface area contributed by atoms with E-state index in [2.05, 4.69) is 11.4 Å². The molecule has 2 atom stereocenters. The maximum absolute atomic E-state index is 11.0. The minimum Gasteiger partial charge on any atom is -0.346 e. The molecule has 2 unspecified atom stereocenters. The molecular weight excluding hydrogens is 176 g/mol. The van der Waals surface area contributed by atoms with Crippen LogP contribution in [0.1, 0.15) is 20.8 Å². The highest BCUT2D eigenvalue weighted by molar-refractivity contribution is 5.74. The zero-order chi connectivity index (χ0) is 10.8. The van der Waals surface area contributed by atoms with E-state index in [9.17, 15) is 4.79 Å². The number of carbonyl (C=O) groups excluding carboxylic acids is 1. The van der Waals surface area contributed by atoms with Crippen LogP contribution in [0.5, 0.6) is 0 Å². The molecular formula is C11H14N2O. The van der Waals surface area contributed by atoms with E-state index < -0.39 is 11.0 Å². The molecule has 0 spiro atoms. The third kappa shape index (κ3) is 1.56. The van der Waals surface area contributed by atoms with Gasteiger partial charge in [-0.25, -0.2) is 0 Å². The van der Waals surface area contributed by atoms with Crippen LogP contribution in [0, 0.1) is 16.7 Å². The molecule has 0 aromatic heterocycles. The molecule has 1 N–H and O–H groups in total. The zero-order valence-corrected chi connectivity index (χ0v) is 8.66. The van der Waals surface area contributed by atoms with Crippen molar-refractivity contribution in [3.8, 4) is 6.07 Å². The highest BCUT2D eigenvalue weighted by atomic mass is 16.1. The number of nitriles is 1. The first-order valence-corrected chi connectivity index (χ1v) is 4.51. The summed E-state index contributed by atoms with van der Waals surface area (Å²) in [6.07, 6.45) is 7.32. The van der Waals surface area contributed by atoms with Gasteiger partial charge in [0.2, 0.25) is 5.91 Å². The van der Waals surface area contributed by atoms with E-state index in [4.69, 9.17) is 5.26 Å². The standard InChI is InChI=1S/C11H14N2O/c1-9(14)13-11(3)7-5-4-6-10(11,2)8-12/h4-7H,1-3H3,(H,13,14). The van der Waals surface area contributed by atoms with Gasteiger partial charge in [0.15, 0.2) is 0 Å². The molecule has 14 heavy (non-hydrogen) atoms. The first-order chi connectivity index (χ1) is 6.43. The molecule has 0 bridgehead atoms. The second-order valence-corrected chi connectivity index (χ2v) is 3.92. The minimum absolute atomic E-state index is 0.131. The van der Waals surface area contributed by atoms with Crippen molar-refractivity contribution in [1.29, 1.82) is 5.26 Å². The maximum Gasteiger partial charge on any atom is 0.217 e. The van der Waals surface area contributed by atoms with Crippen LogP contribution < -0.4 is 5.32 Å². The Hall–Kier alpha value is -1.56. The lowest BCUT2D eigenvalue weighted by atomic mass is 9.70. The van der Waals surface area contributed by atoms with Crippen LogP contribution >= 0.6 is 0 Å². The normalized spacial score (nSPS) is 35.0. The Morgan fingerprint density at radius 2 is 1.93 bits per heavy atom. The lowest BCUT2D eigenvalue weighted by Crippen LogP contribution is -2.54. The van der Waals surface area contributed by atoms with Crippen LogP contribution in [0.15, 0.2) is 24.3 Å². The van der Waals surface area contributed by atoms with Crippen molar-refractivity contribution in [3.05, 3.63) is 24.3 Å². The Balaban J connectivity index is 3.07. The van der Waals surface area contributed by atoms with Gasteiger partial charge in [0.1, 0.15) is 0 Å². The Kier molecular flexibility index (Phi) is 2.48. The molecule has 0 radical (unpaired) electrons. The fraction of sp³-hybridized carbons (Fsp3) is 0.455. The summed E-state index contributed by atoms with van der Waals surface area (Å²) in [6.45, 7) is 5.11. The van der Waals surface area contributed by atoms with Crippen molar-refractivity contribution in [2.45, 2.75) is 26.3 Å². The zero-order valence-electron chi connectivity index (χ0n) is 8.66. The fourth-order valence-corrected chi connectivity index (χ4v) is 1.53. The van der Waals surface area contributed by atoms with E-state index >= 15 is 0 Å². The summed E-state index contributed by atoms with van der Waals surface area (Å²) in [5.41, 5.74) is -1.31. The van der Waals surface area contributed by atoms with Crippen molar-refractivity contribution < 1.29 is 4.79 Å². The van der Waals surface area contributed by atoms with Crippen LogP contribution in [0.2, 0.25) is 0 Å². The summed E-state index contributed by atoms with van der Waals surface area (Å²) < 4.78 is 0. The van der Waals surface area contributed by atoms with E-state index in [1.165, 1.54) is 6.92 Å². The first kappa shape index (κ1) is 10.5. The molecule has 1 aliphatic carbocycles. The monoisotopic (exact) mass is 190 g/mol. The molecule has 0 fully saturated rings. The quantitative estimate of drug-likeness (QED) is 0.681. The molecule has 1 amide bonds. The van der Waals surface area contributed by atoms with Gasteiger partial charge in [0, 0.05) is 6.92 Å². The Labute approximate surface area is 84.1 Å². The Bertz CT molecular complexity index is 351. The first-order valence-electron chi connectivity index (χ1n) is 4.51. The van der Waals surface area contributed by atoms with Crippen molar-refractivity contribution >= 4 is 5.91 Å². The van der Waals surface area contributed by atoms with Gasteiger partial charge in [-0.3, -0.25) is 4.79 Å². The van der Waals surface area contributed by atoms with Crippen LogP contribution in [0.3, 0.4) is 0 Å². The number of allylic oxidation sites excluding steroid dienone is 2. The van der Waals surface area contributed by atoms with E-state index in [0.29, 0.717) is 0 Å². The van der Waals surface area contributed by atoms with Gasteiger partial charge in [-0.15, -0.1) is 0 Å². The summed E-state index contributed by atoms with van der Waals surface area (Å²) in [4.78, 5) is 11.0. The number of amides is 1. The molecule has 0 aromatic rings.